The number of amides is 1. The third kappa shape index (κ3) is 4.33. The first-order valence-corrected chi connectivity index (χ1v) is 9.64. The number of aromatic nitrogens is 2. The van der Waals surface area contributed by atoms with Crippen LogP contribution in [0.25, 0.3) is 0 Å². The summed E-state index contributed by atoms with van der Waals surface area (Å²) in [6.07, 6.45) is 4.07. The van der Waals surface area contributed by atoms with Crippen molar-refractivity contribution >= 4 is 27.5 Å². The van der Waals surface area contributed by atoms with Crippen molar-refractivity contribution in [1.29, 1.82) is 0 Å². The van der Waals surface area contributed by atoms with Crippen molar-refractivity contribution in [1.82, 2.24) is 14.7 Å². The Morgan fingerprint density at radius 1 is 1.15 bits per heavy atom. The first-order chi connectivity index (χ1) is 12.6. The Labute approximate surface area is 161 Å². The lowest BCUT2D eigenvalue weighted by molar-refractivity contribution is -0.131. The first kappa shape index (κ1) is 18.6. The molecule has 6 nitrogen and oxygen atoms in total. The number of nitrogens with zero attached hydrogens (tertiary/aromatic N) is 4. The van der Waals surface area contributed by atoms with Gasteiger partial charge in [-0.1, -0.05) is 30.3 Å². The minimum absolute atomic E-state index is 0.151. The molecule has 1 saturated heterocycles. The number of carbonyl (C=O) groups excluding carboxylic acids is 1. The predicted molar refractivity (Wildman–Crippen MR) is 105 cm³/mol. The minimum atomic E-state index is -0.151. The molecule has 0 atom stereocenters. The number of piperazine rings is 1. The van der Waals surface area contributed by atoms with E-state index in [2.05, 4.69) is 38.1 Å². The van der Waals surface area contributed by atoms with Crippen LogP contribution < -0.4 is 10.5 Å². The minimum Gasteiger partial charge on any atom is -0.366 e. The second-order valence-electron chi connectivity index (χ2n) is 6.48. The number of carbonyl (C=O) groups is 1. The molecule has 0 saturated carbocycles. The standard InChI is InChI=1S/C19H23BrN4O2/c1-22-19(26)18(20)16(14-21-22)23-10-12-24(13-11-23)17(25)9-5-8-15-6-3-2-4-7-15/h2-4,6-7,14H,5,8-13H2,1H3. The van der Waals surface area contributed by atoms with Gasteiger partial charge in [0.1, 0.15) is 4.47 Å². The second-order valence-corrected chi connectivity index (χ2v) is 7.27. The summed E-state index contributed by atoms with van der Waals surface area (Å²) in [5, 5.41) is 4.09. The molecule has 26 heavy (non-hydrogen) atoms. The van der Waals surface area contributed by atoms with Gasteiger partial charge in [-0.15, -0.1) is 0 Å². The Hall–Kier alpha value is -2.15. The van der Waals surface area contributed by atoms with Gasteiger partial charge in [0.25, 0.3) is 5.56 Å². The molecule has 0 aliphatic carbocycles. The number of hydrogen-bond donors (Lipinski definition) is 0. The van der Waals surface area contributed by atoms with Crippen LogP contribution in [0.15, 0.2) is 45.8 Å². The molecule has 0 bridgehead atoms. The van der Waals surface area contributed by atoms with Gasteiger partial charge in [-0.2, -0.15) is 5.10 Å². The summed E-state index contributed by atoms with van der Waals surface area (Å²) in [4.78, 5) is 28.5. The van der Waals surface area contributed by atoms with Gasteiger partial charge in [0.15, 0.2) is 0 Å². The molecule has 0 radical (unpaired) electrons. The SMILES string of the molecule is Cn1ncc(N2CCN(C(=O)CCCc3ccccc3)CC2)c(Br)c1=O. The average Bonchev–Trinajstić information content (AvgIpc) is 2.67. The van der Waals surface area contributed by atoms with Crippen LogP contribution in [0, 0.1) is 0 Å². The van der Waals surface area contributed by atoms with E-state index in [9.17, 15) is 9.59 Å². The molecular weight excluding hydrogens is 396 g/mol. The van der Waals surface area contributed by atoms with E-state index in [0.29, 0.717) is 37.1 Å². The molecule has 1 aromatic heterocycles. The Kier molecular flexibility index (Phi) is 6.08. The smallest absolute Gasteiger partial charge is 0.282 e. The van der Waals surface area contributed by atoms with Gasteiger partial charge in [0.05, 0.1) is 11.9 Å². The van der Waals surface area contributed by atoms with Crippen LogP contribution in [-0.4, -0.2) is 46.8 Å². The van der Waals surface area contributed by atoms with Crippen LogP contribution in [0.1, 0.15) is 18.4 Å². The van der Waals surface area contributed by atoms with Gasteiger partial charge in [0, 0.05) is 39.6 Å². The lowest BCUT2D eigenvalue weighted by Gasteiger charge is -2.36. The number of aryl methyl sites for hydroxylation is 2. The van der Waals surface area contributed by atoms with E-state index in [0.717, 1.165) is 18.5 Å². The van der Waals surface area contributed by atoms with Gasteiger partial charge in [0.2, 0.25) is 5.91 Å². The summed E-state index contributed by atoms with van der Waals surface area (Å²) in [5.74, 6) is 0.210. The maximum absolute atomic E-state index is 12.4. The van der Waals surface area contributed by atoms with E-state index in [1.165, 1.54) is 10.2 Å². The zero-order valence-corrected chi connectivity index (χ0v) is 16.5. The lowest BCUT2D eigenvalue weighted by Crippen LogP contribution is -2.49. The second kappa shape index (κ2) is 8.49. The van der Waals surface area contributed by atoms with Gasteiger partial charge in [-0.25, -0.2) is 4.68 Å². The summed E-state index contributed by atoms with van der Waals surface area (Å²) in [6.45, 7) is 2.76. The molecule has 1 aromatic carbocycles. The summed E-state index contributed by atoms with van der Waals surface area (Å²) in [7, 11) is 1.63. The van der Waals surface area contributed by atoms with E-state index < -0.39 is 0 Å². The quantitative estimate of drug-likeness (QED) is 0.746. The number of halogens is 1. The molecule has 7 heteroatoms. The molecule has 2 heterocycles. The molecule has 138 valence electrons. The predicted octanol–water partition coefficient (Wildman–Crippen LogP) is 2.21. The zero-order valence-electron chi connectivity index (χ0n) is 14.9. The highest BCUT2D eigenvalue weighted by atomic mass is 79.9. The van der Waals surface area contributed by atoms with Crippen molar-refractivity contribution in [3.63, 3.8) is 0 Å². The fraction of sp³-hybridized carbons (Fsp3) is 0.421. The van der Waals surface area contributed by atoms with E-state index in [1.54, 1.807) is 13.2 Å². The molecule has 1 aliphatic rings. The highest BCUT2D eigenvalue weighted by Gasteiger charge is 2.23. The largest absolute Gasteiger partial charge is 0.366 e. The molecule has 0 unspecified atom stereocenters. The molecule has 0 spiro atoms. The van der Waals surface area contributed by atoms with Crippen molar-refractivity contribution in [2.45, 2.75) is 19.3 Å². The van der Waals surface area contributed by atoms with E-state index in [1.807, 2.05) is 23.1 Å². The Bertz CT molecular complexity index is 814. The lowest BCUT2D eigenvalue weighted by atomic mass is 10.1. The molecule has 1 amide bonds. The number of hydrogen-bond acceptors (Lipinski definition) is 4. The number of rotatable bonds is 5. The molecular formula is C19H23BrN4O2. The van der Waals surface area contributed by atoms with Crippen LogP contribution in [0.2, 0.25) is 0 Å². The Morgan fingerprint density at radius 3 is 2.54 bits per heavy atom. The molecule has 1 fully saturated rings. The highest BCUT2D eigenvalue weighted by molar-refractivity contribution is 9.10. The summed E-state index contributed by atoms with van der Waals surface area (Å²) < 4.78 is 1.83. The maximum atomic E-state index is 12.4. The summed E-state index contributed by atoms with van der Waals surface area (Å²) in [5.41, 5.74) is 1.92. The molecule has 0 N–H and O–H groups in total. The average molecular weight is 419 g/mol. The topological polar surface area (TPSA) is 58.4 Å². The normalized spacial score (nSPS) is 14.5. The van der Waals surface area contributed by atoms with Crippen molar-refractivity contribution in [3.05, 3.63) is 56.9 Å². The van der Waals surface area contributed by atoms with Crippen LogP contribution in [0.5, 0.6) is 0 Å². The van der Waals surface area contributed by atoms with Crippen molar-refractivity contribution in [2.24, 2.45) is 7.05 Å². The third-order valence-corrected chi connectivity index (χ3v) is 5.48. The van der Waals surface area contributed by atoms with Crippen LogP contribution in [0.4, 0.5) is 5.69 Å². The van der Waals surface area contributed by atoms with Crippen molar-refractivity contribution in [2.75, 3.05) is 31.1 Å². The first-order valence-electron chi connectivity index (χ1n) is 8.84. The molecule has 1 aliphatic heterocycles. The van der Waals surface area contributed by atoms with Gasteiger partial charge < -0.3 is 9.80 Å². The number of anilines is 1. The van der Waals surface area contributed by atoms with Gasteiger partial charge in [-0.3, -0.25) is 9.59 Å². The fourth-order valence-corrected chi connectivity index (χ4v) is 3.78. The van der Waals surface area contributed by atoms with Gasteiger partial charge >= 0.3 is 0 Å². The van der Waals surface area contributed by atoms with E-state index >= 15 is 0 Å². The van der Waals surface area contributed by atoms with Crippen molar-refractivity contribution < 1.29 is 4.79 Å². The van der Waals surface area contributed by atoms with Crippen molar-refractivity contribution in [3.8, 4) is 0 Å². The highest BCUT2D eigenvalue weighted by Crippen LogP contribution is 2.22. The van der Waals surface area contributed by atoms with Crippen LogP contribution in [0.3, 0.4) is 0 Å². The zero-order chi connectivity index (χ0) is 18.5. The Balaban J connectivity index is 1.49. The van der Waals surface area contributed by atoms with Crippen LogP contribution >= 0.6 is 15.9 Å². The third-order valence-electron chi connectivity index (χ3n) is 4.73. The van der Waals surface area contributed by atoms with E-state index in [4.69, 9.17) is 0 Å². The van der Waals surface area contributed by atoms with Crippen LogP contribution in [-0.2, 0) is 18.3 Å². The van der Waals surface area contributed by atoms with E-state index in [-0.39, 0.29) is 11.5 Å². The summed E-state index contributed by atoms with van der Waals surface area (Å²) in [6, 6.07) is 10.3. The fourth-order valence-electron chi connectivity index (χ4n) is 3.17. The summed E-state index contributed by atoms with van der Waals surface area (Å²) >= 11 is 3.37. The Morgan fingerprint density at radius 2 is 1.85 bits per heavy atom. The monoisotopic (exact) mass is 418 g/mol. The molecule has 2 aromatic rings. The van der Waals surface area contributed by atoms with Gasteiger partial charge in [-0.05, 0) is 34.3 Å². The maximum Gasteiger partial charge on any atom is 0.282 e. The molecule has 3 rings (SSSR count). The number of benzene rings is 1.